The van der Waals surface area contributed by atoms with Crippen molar-refractivity contribution < 1.29 is 14.3 Å². The second-order valence-corrected chi connectivity index (χ2v) is 5.71. The van der Waals surface area contributed by atoms with Gasteiger partial charge in [0, 0.05) is 11.1 Å². The number of ether oxygens (including phenoxy) is 2. The third-order valence-corrected chi connectivity index (χ3v) is 4.39. The van der Waals surface area contributed by atoms with Gasteiger partial charge in [-0.3, -0.25) is 0 Å². The van der Waals surface area contributed by atoms with Gasteiger partial charge in [-0.1, -0.05) is 49.0 Å². The lowest BCUT2D eigenvalue weighted by molar-refractivity contribution is -0.136. The van der Waals surface area contributed by atoms with Crippen molar-refractivity contribution in [2.45, 2.75) is 12.8 Å². The monoisotopic (exact) mass is 320 g/mol. The fourth-order valence-electron chi connectivity index (χ4n) is 3.13. The van der Waals surface area contributed by atoms with Crippen LogP contribution >= 0.6 is 0 Å². The molecule has 122 valence electrons. The van der Waals surface area contributed by atoms with Crippen molar-refractivity contribution in [1.82, 2.24) is 0 Å². The maximum absolute atomic E-state index is 12.3. The highest BCUT2D eigenvalue weighted by atomic mass is 16.5. The molecule has 0 radical (unpaired) electrons. The van der Waals surface area contributed by atoms with Gasteiger partial charge in [0.1, 0.15) is 5.76 Å². The van der Waals surface area contributed by atoms with E-state index in [2.05, 4.69) is 12.6 Å². The van der Waals surface area contributed by atoms with Crippen LogP contribution in [0.3, 0.4) is 0 Å². The second kappa shape index (κ2) is 6.75. The number of hydrogen-bond acceptors (Lipinski definition) is 3. The van der Waals surface area contributed by atoms with Gasteiger partial charge in [-0.05, 0) is 41.2 Å². The van der Waals surface area contributed by atoms with E-state index >= 15 is 0 Å². The summed E-state index contributed by atoms with van der Waals surface area (Å²) in [7, 11) is 3.03. The quantitative estimate of drug-likeness (QED) is 0.625. The van der Waals surface area contributed by atoms with E-state index in [1.165, 1.54) is 12.7 Å². The summed E-state index contributed by atoms with van der Waals surface area (Å²) in [4.78, 5) is 12.3. The van der Waals surface area contributed by atoms with Crippen molar-refractivity contribution in [2.75, 3.05) is 14.2 Å². The second-order valence-electron chi connectivity index (χ2n) is 5.71. The molecule has 0 heterocycles. The summed E-state index contributed by atoms with van der Waals surface area (Å²) < 4.78 is 10.3. The van der Waals surface area contributed by atoms with Gasteiger partial charge in [-0.2, -0.15) is 0 Å². The van der Waals surface area contributed by atoms with Crippen LogP contribution < -0.4 is 0 Å². The fraction of sp³-hybridized carbons (Fsp3) is 0.190. The van der Waals surface area contributed by atoms with Crippen LogP contribution in [-0.2, 0) is 20.7 Å². The number of methoxy groups -OCH3 is 2. The molecule has 3 nitrogen and oxygen atoms in total. The molecule has 0 spiro atoms. The van der Waals surface area contributed by atoms with Gasteiger partial charge in [0.25, 0.3) is 0 Å². The maximum Gasteiger partial charge on any atom is 0.334 e. The SMILES string of the molecule is C=C(OC)c1ccc2c(c1)C(c1ccccc1)=C(C(=O)OC)CC2. The van der Waals surface area contributed by atoms with Gasteiger partial charge in [0.05, 0.1) is 14.2 Å². The van der Waals surface area contributed by atoms with Crippen molar-refractivity contribution in [3.63, 3.8) is 0 Å². The van der Waals surface area contributed by atoms with Crippen LogP contribution in [-0.4, -0.2) is 20.2 Å². The Balaban J connectivity index is 2.24. The first-order valence-corrected chi connectivity index (χ1v) is 7.89. The third-order valence-electron chi connectivity index (χ3n) is 4.39. The molecule has 0 fully saturated rings. The van der Waals surface area contributed by atoms with Crippen LogP contribution in [0.1, 0.15) is 28.7 Å². The summed E-state index contributed by atoms with van der Waals surface area (Å²) in [6.45, 7) is 3.93. The first kappa shape index (κ1) is 16.1. The molecule has 1 aliphatic carbocycles. The molecule has 0 N–H and O–H groups in total. The van der Waals surface area contributed by atoms with Crippen molar-refractivity contribution in [3.8, 4) is 0 Å². The van der Waals surface area contributed by atoms with Gasteiger partial charge >= 0.3 is 5.97 Å². The molecule has 0 aliphatic heterocycles. The van der Waals surface area contributed by atoms with Gasteiger partial charge in [0.15, 0.2) is 0 Å². The lowest BCUT2D eigenvalue weighted by Gasteiger charge is -2.23. The summed E-state index contributed by atoms with van der Waals surface area (Å²) in [5.74, 6) is 0.339. The summed E-state index contributed by atoms with van der Waals surface area (Å²) in [6.07, 6.45) is 1.49. The number of carbonyl (C=O) groups is 1. The maximum atomic E-state index is 12.3. The largest absolute Gasteiger partial charge is 0.497 e. The number of fused-ring (bicyclic) bond motifs is 1. The molecule has 1 aliphatic rings. The Labute approximate surface area is 142 Å². The molecule has 2 aromatic rings. The normalized spacial score (nSPS) is 13.2. The molecular weight excluding hydrogens is 300 g/mol. The van der Waals surface area contributed by atoms with Crippen LogP contribution in [0, 0.1) is 0 Å². The van der Waals surface area contributed by atoms with Crippen LogP contribution in [0.15, 0.2) is 60.7 Å². The van der Waals surface area contributed by atoms with Crippen molar-refractivity contribution >= 4 is 17.3 Å². The lowest BCUT2D eigenvalue weighted by atomic mass is 9.81. The van der Waals surface area contributed by atoms with E-state index < -0.39 is 0 Å². The van der Waals surface area contributed by atoms with Crippen LogP contribution in [0.25, 0.3) is 11.3 Å². The number of benzene rings is 2. The first-order valence-electron chi connectivity index (χ1n) is 7.89. The molecule has 3 rings (SSSR count). The van der Waals surface area contributed by atoms with Gasteiger partial charge in [-0.25, -0.2) is 4.79 Å². The smallest absolute Gasteiger partial charge is 0.334 e. The standard InChI is InChI=1S/C21H20O3/c1-14(23-2)17-10-9-15-11-12-18(21(22)24-3)20(19(15)13-17)16-7-5-4-6-8-16/h4-10,13H,1,11-12H2,2-3H3. The first-order chi connectivity index (χ1) is 11.7. The minimum Gasteiger partial charge on any atom is -0.497 e. The molecule has 24 heavy (non-hydrogen) atoms. The average molecular weight is 320 g/mol. The molecule has 2 aromatic carbocycles. The van der Waals surface area contributed by atoms with E-state index in [-0.39, 0.29) is 5.97 Å². The summed E-state index contributed by atoms with van der Waals surface area (Å²) in [5, 5.41) is 0. The van der Waals surface area contributed by atoms with Crippen LogP contribution in [0.4, 0.5) is 0 Å². The lowest BCUT2D eigenvalue weighted by Crippen LogP contribution is -2.15. The Morgan fingerprint density at radius 1 is 1.00 bits per heavy atom. The van der Waals surface area contributed by atoms with Crippen molar-refractivity contribution in [3.05, 3.63) is 82.9 Å². The van der Waals surface area contributed by atoms with Crippen molar-refractivity contribution in [1.29, 1.82) is 0 Å². The molecule has 0 amide bonds. The predicted octanol–water partition coefficient (Wildman–Crippen LogP) is 4.22. The topological polar surface area (TPSA) is 35.5 Å². The predicted molar refractivity (Wildman–Crippen MR) is 95.3 cm³/mol. The number of rotatable bonds is 4. The highest BCUT2D eigenvalue weighted by Crippen LogP contribution is 2.37. The zero-order valence-corrected chi connectivity index (χ0v) is 14.0. The molecule has 0 saturated carbocycles. The average Bonchev–Trinajstić information content (AvgIpc) is 2.65. The van der Waals surface area contributed by atoms with Gasteiger partial charge in [-0.15, -0.1) is 0 Å². The molecule has 0 aromatic heterocycles. The number of hydrogen-bond donors (Lipinski definition) is 0. The van der Waals surface area contributed by atoms with Crippen molar-refractivity contribution in [2.24, 2.45) is 0 Å². The Hall–Kier alpha value is -2.81. The fourth-order valence-corrected chi connectivity index (χ4v) is 3.13. The molecule has 0 atom stereocenters. The number of carbonyl (C=O) groups excluding carboxylic acids is 1. The van der Waals surface area contributed by atoms with E-state index in [0.717, 1.165) is 34.3 Å². The Morgan fingerprint density at radius 2 is 1.75 bits per heavy atom. The van der Waals surface area contributed by atoms with E-state index in [9.17, 15) is 4.79 Å². The van der Waals surface area contributed by atoms with E-state index in [1.807, 2.05) is 42.5 Å². The summed E-state index contributed by atoms with van der Waals surface area (Å²) in [5.41, 5.74) is 5.85. The molecule has 0 bridgehead atoms. The summed E-state index contributed by atoms with van der Waals surface area (Å²) >= 11 is 0. The van der Waals surface area contributed by atoms with Crippen LogP contribution in [0.5, 0.6) is 0 Å². The molecule has 0 unspecified atom stereocenters. The van der Waals surface area contributed by atoms with E-state index in [0.29, 0.717) is 12.2 Å². The minimum absolute atomic E-state index is 0.268. The summed E-state index contributed by atoms with van der Waals surface area (Å²) in [6, 6.07) is 16.1. The van der Waals surface area contributed by atoms with E-state index in [4.69, 9.17) is 9.47 Å². The highest BCUT2D eigenvalue weighted by molar-refractivity contribution is 6.03. The number of esters is 1. The molecule has 3 heteroatoms. The zero-order chi connectivity index (χ0) is 17.1. The zero-order valence-electron chi connectivity index (χ0n) is 14.0. The Morgan fingerprint density at radius 3 is 2.42 bits per heavy atom. The molecule has 0 saturated heterocycles. The Kier molecular flexibility index (Phi) is 4.52. The van der Waals surface area contributed by atoms with E-state index in [1.54, 1.807) is 7.11 Å². The van der Waals surface area contributed by atoms with Crippen LogP contribution in [0.2, 0.25) is 0 Å². The van der Waals surface area contributed by atoms with Gasteiger partial charge < -0.3 is 9.47 Å². The number of aryl methyl sites for hydroxylation is 1. The highest BCUT2D eigenvalue weighted by Gasteiger charge is 2.25. The third kappa shape index (κ3) is 2.85. The molecular formula is C21H20O3. The Bertz CT molecular complexity index is 816. The van der Waals surface area contributed by atoms with Gasteiger partial charge in [0.2, 0.25) is 0 Å². The minimum atomic E-state index is -0.268.